The molecule has 0 aliphatic rings. The molecule has 2 N–H and O–H groups in total. The van der Waals surface area contributed by atoms with E-state index in [1.807, 2.05) is 12.1 Å². The molecule has 18 heavy (non-hydrogen) atoms. The minimum absolute atomic E-state index is 0.0503. The zero-order valence-corrected chi connectivity index (χ0v) is 12.3. The average Bonchev–Trinajstić information content (AvgIpc) is 2.32. The molecule has 0 unspecified atom stereocenters. The number of benzene rings is 2. The van der Waals surface area contributed by atoms with Gasteiger partial charge in [0.05, 0.1) is 5.56 Å². The number of halogens is 2. The lowest BCUT2D eigenvalue weighted by molar-refractivity contribution is 0.102. The molecule has 0 radical (unpaired) electrons. The lowest BCUT2D eigenvalue weighted by atomic mass is 10.2. The first-order valence-electron chi connectivity index (χ1n) is 5.12. The van der Waals surface area contributed by atoms with E-state index in [0.717, 1.165) is 8.95 Å². The summed E-state index contributed by atoms with van der Waals surface area (Å²) in [4.78, 5) is 12.0. The van der Waals surface area contributed by atoms with Crippen LogP contribution in [0, 0.1) is 0 Å². The molecule has 2 aromatic rings. The van der Waals surface area contributed by atoms with Crippen LogP contribution in [-0.4, -0.2) is 11.0 Å². The van der Waals surface area contributed by atoms with Crippen LogP contribution in [0.1, 0.15) is 10.4 Å². The molecule has 0 heterocycles. The minimum atomic E-state index is -0.355. The summed E-state index contributed by atoms with van der Waals surface area (Å²) in [6, 6.07) is 12.0. The Labute approximate surface area is 121 Å². The Kier molecular flexibility index (Phi) is 4.04. The number of phenols is 1. The fourth-order valence-corrected chi connectivity index (χ4v) is 2.22. The van der Waals surface area contributed by atoms with Gasteiger partial charge in [-0.25, -0.2) is 0 Å². The maximum absolute atomic E-state index is 12.0. The van der Waals surface area contributed by atoms with Crippen LogP contribution in [-0.2, 0) is 0 Å². The van der Waals surface area contributed by atoms with E-state index in [0.29, 0.717) is 5.69 Å². The predicted octanol–water partition coefficient (Wildman–Crippen LogP) is 4.17. The molecule has 0 atom stereocenters. The van der Waals surface area contributed by atoms with Crippen LogP contribution in [0.25, 0.3) is 0 Å². The van der Waals surface area contributed by atoms with Gasteiger partial charge in [-0.3, -0.25) is 4.79 Å². The number of aromatic hydroxyl groups is 1. The highest BCUT2D eigenvalue weighted by molar-refractivity contribution is 9.10. The van der Waals surface area contributed by atoms with E-state index in [1.165, 1.54) is 6.07 Å². The number of carbonyl (C=O) groups is 1. The van der Waals surface area contributed by atoms with Gasteiger partial charge in [0.1, 0.15) is 5.75 Å². The number of anilines is 1. The number of hydrogen-bond acceptors (Lipinski definition) is 2. The maximum atomic E-state index is 12.0. The van der Waals surface area contributed by atoms with Gasteiger partial charge >= 0.3 is 0 Å². The molecule has 1 amide bonds. The van der Waals surface area contributed by atoms with Gasteiger partial charge in [-0.2, -0.15) is 0 Å². The molecular formula is C13H9Br2NO2. The zero-order valence-electron chi connectivity index (χ0n) is 9.15. The molecule has 0 aliphatic heterocycles. The van der Waals surface area contributed by atoms with E-state index in [9.17, 15) is 9.90 Å². The summed E-state index contributed by atoms with van der Waals surface area (Å²) in [5.74, 6) is -0.405. The molecule has 0 saturated heterocycles. The third-order valence-corrected chi connectivity index (χ3v) is 3.27. The number of rotatable bonds is 2. The van der Waals surface area contributed by atoms with Crippen molar-refractivity contribution in [1.82, 2.24) is 0 Å². The smallest absolute Gasteiger partial charge is 0.259 e. The second-order valence-electron chi connectivity index (χ2n) is 3.63. The van der Waals surface area contributed by atoms with Crippen molar-refractivity contribution in [2.75, 3.05) is 5.32 Å². The van der Waals surface area contributed by atoms with Gasteiger partial charge in [0.25, 0.3) is 5.91 Å². The predicted molar refractivity (Wildman–Crippen MR) is 77.9 cm³/mol. The highest BCUT2D eigenvalue weighted by Crippen LogP contribution is 2.23. The van der Waals surface area contributed by atoms with Crippen molar-refractivity contribution < 1.29 is 9.90 Å². The number of amides is 1. The van der Waals surface area contributed by atoms with E-state index in [4.69, 9.17) is 0 Å². The van der Waals surface area contributed by atoms with Crippen LogP contribution >= 0.6 is 31.9 Å². The summed E-state index contributed by atoms with van der Waals surface area (Å²) >= 11 is 6.59. The Morgan fingerprint density at radius 1 is 1.06 bits per heavy atom. The van der Waals surface area contributed by atoms with E-state index in [2.05, 4.69) is 37.2 Å². The zero-order chi connectivity index (χ0) is 13.1. The van der Waals surface area contributed by atoms with Gasteiger partial charge in [-0.1, -0.05) is 37.9 Å². The minimum Gasteiger partial charge on any atom is -0.507 e. The van der Waals surface area contributed by atoms with Crippen molar-refractivity contribution in [1.29, 1.82) is 0 Å². The normalized spacial score (nSPS) is 10.1. The summed E-state index contributed by atoms with van der Waals surface area (Å²) in [6.45, 7) is 0. The molecule has 0 fully saturated rings. The molecule has 0 saturated carbocycles. The molecule has 0 aromatic heterocycles. The molecular weight excluding hydrogens is 362 g/mol. The fraction of sp³-hybridized carbons (Fsp3) is 0. The number of phenolic OH excluding ortho intramolecular Hbond substituents is 1. The summed E-state index contributed by atoms with van der Waals surface area (Å²) < 4.78 is 1.61. The lowest BCUT2D eigenvalue weighted by Crippen LogP contribution is -2.12. The van der Waals surface area contributed by atoms with E-state index >= 15 is 0 Å². The lowest BCUT2D eigenvalue weighted by Gasteiger charge is -2.07. The van der Waals surface area contributed by atoms with Crippen molar-refractivity contribution in [3.63, 3.8) is 0 Å². The SMILES string of the molecule is O=C(Nc1cccc(Br)c1)c1cc(Br)ccc1O. The first kappa shape index (κ1) is 13.1. The van der Waals surface area contributed by atoms with Crippen molar-refractivity contribution in [2.24, 2.45) is 0 Å². The highest BCUT2D eigenvalue weighted by Gasteiger charge is 2.11. The van der Waals surface area contributed by atoms with Crippen molar-refractivity contribution in [3.8, 4) is 5.75 Å². The largest absolute Gasteiger partial charge is 0.507 e. The second-order valence-corrected chi connectivity index (χ2v) is 5.46. The monoisotopic (exact) mass is 369 g/mol. The van der Waals surface area contributed by atoms with Crippen LogP contribution in [0.3, 0.4) is 0 Å². The number of carbonyl (C=O) groups excluding carboxylic acids is 1. The first-order valence-corrected chi connectivity index (χ1v) is 6.70. The third-order valence-electron chi connectivity index (χ3n) is 2.29. The van der Waals surface area contributed by atoms with Crippen LogP contribution in [0.2, 0.25) is 0 Å². The number of hydrogen-bond donors (Lipinski definition) is 2. The fourth-order valence-electron chi connectivity index (χ4n) is 1.45. The average molecular weight is 371 g/mol. The van der Waals surface area contributed by atoms with Crippen LogP contribution in [0.15, 0.2) is 51.4 Å². The Hall–Kier alpha value is -1.33. The first-order chi connectivity index (χ1) is 8.56. The van der Waals surface area contributed by atoms with Crippen molar-refractivity contribution in [2.45, 2.75) is 0 Å². The Morgan fingerprint density at radius 2 is 1.78 bits per heavy atom. The Balaban J connectivity index is 2.24. The van der Waals surface area contributed by atoms with E-state index in [1.54, 1.807) is 24.3 Å². The topological polar surface area (TPSA) is 49.3 Å². The molecule has 2 rings (SSSR count). The summed E-state index contributed by atoms with van der Waals surface area (Å²) in [7, 11) is 0. The van der Waals surface area contributed by atoms with Crippen LogP contribution in [0.4, 0.5) is 5.69 Å². The second kappa shape index (κ2) is 5.54. The Bertz CT molecular complexity index is 599. The van der Waals surface area contributed by atoms with Gasteiger partial charge in [0.2, 0.25) is 0 Å². The molecule has 5 heteroatoms. The van der Waals surface area contributed by atoms with Crippen LogP contribution in [0.5, 0.6) is 5.75 Å². The molecule has 0 spiro atoms. The van der Waals surface area contributed by atoms with Gasteiger partial charge < -0.3 is 10.4 Å². The van der Waals surface area contributed by atoms with Gasteiger partial charge in [0.15, 0.2) is 0 Å². The standard InChI is InChI=1S/C13H9Br2NO2/c14-8-2-1-3-10(6-8)16-13(18)11-7-9(15)4-5-12(11)17/h1-7,17H,(H,16,18). The molecule has 2 aromatic carbocycles. The highest BCUT2D eigenvalue weighted by atomic mass is 79.9. The van der Waals surface area contributed by atoms with E-state index < -0.39 is 0 Å². The maximum Gasteiger partial charge on any atom is 0.259 e. The van der Waals surface area contributed by atoms with Crippen molar-refractivity contribution >= 4 is 43.5 Å². The van der Waals surface area contributed by atoms with Gasteiger partial charge in [0, 0.05) is 14.6 Å². The third kappa shape index (κ3) is 3.11. The molecule has 3 nitrogen and oxygen atoms in total. The summed E-state index contributed by atoms with van der Waals surface area (Å²) in [6.07, 6.45) is 0. The summed E-state index contributed by atoms with van der Waals surface area (Å²) in [5.41, 5.74) is 0.887. The molecule has 0 aliphatic carbocycles. The van der Waals surface area contributed by atoms with Crippen LogP contribution < -0.4 is 5.32 Å². The van der Waals surface area contributed by atoms with Gasteiger partial charge in [-0.05, 0) is 36.4 Å². The van der Waals surface area contributed by atoms with Crippen molar-refractivity contribution in [3.05, 3.63) is 57.0 Å². The number of nitrogens with one attached hydrogen (secondary N) is 1. The quantitative estimate of drug-likeness (QED) is 0.833. The van der Waals surface area contributed by atoms with E-state index in [-0.39, 0.29) is 17.2 Å². The summed E-state index contributed by atoms with van der Waals surface area (Å²) in [5, 5.41) is 12.4. The molecule has 92 valence electrons. The Morgan fingerprint density at radius 3 is 2.50 bits per heavy atom. The molecule has 0 bridgehead atoms. The van der Waals surface area contributed by atoms with Gasteiger partial charge in [-0.15, -0.1) is 0 Å².